The lowest BCUT2D eigenvalue weighted by atomic mass is 10.1. The monoisotopic (exact) mass is 499 g/mol. The second kappa shape index (κ2) is 9.80. The molecule has 1 aromatic carbocycles. The molecule has 4 rings (SSSR count). The first-order valence-corrected chi connectivity index (χ1v) is 12.8. The SMILES string of the molecule is Cc1cc(C(=O)C(C)OC(=O)c2cc(S(=O)(=O)N3CCOCC3)cn2C)c(C)n1-c1ccccc1. The van der Waals surface area contributed by atoms with E-state index in [-0.39, 0.29) is 29.5 Å². The van der Waals surface area contributed by atoms with Crippen molar-refractivity contribution in [1.82, 2.24) is 13.4 Å². The average molecular weight is 500 g/mol. The van der Waals surface area contributed by atoms with Crippen molar-refractivity contribution in [3.63, 3.8) is 0 Å². The third-order valence-electron chi connectivity index (χ3n) is 6.16. The number of morpholine rings is 1. The summed E-state index contributed by atoms with van der Waals surface area (Å²) >= 11 is 0. The zero-order valence-electron chi connectivity index (χ0n) is 20.2. The van der Waals surface area contributed by atoms with Gasteiger partial charge in [-0.15, -0.1) is 0 Å². The number of aryl methyl sites for hydroxylation is 2. The van der Waals surface area contributed by atoms with Crippen molar-refractivity contribution in [3.8, 4) is 5.69 Å². The smallest absolute Gasteiger partial charge is 0.355 e. The first-order valence-electron chi connectivity index (χ1n) is 11.3. The maximum absolute atomic E-state index is 13.2. The van der Waals surface area contributed by atoms with E-state index in [2.05, 4.69) is 0 Å². The lowest BCUT2D eigenvalue weighted by Crippen LogP contribution is -2.40. The Morgan fingerprint density at radius 2 is 1.71 bits per heavy atom. The van der Waals surface area contributed by atoms with Gasteiger partial charge in [0.2, 0.25) is 15.8 Å². The molecule has 9 nitrogen and oxygen atoms in total. The molecule has 0 amide bonds. The Morgan fingerprint density at radius 1 is 1.06 bits per heavy atom. The molecular weight excluding hydrogens is 470 g/mol. The Bertz CT molecular complexity index is 1350. The van der Waals surface area contributed by atoms with Gasteiger partial charge in [-0.25, -0.2) is 13.2 Å². The van der Waals surface area contributed by atoms with Gasteiger partial charge in [-0.3, -0.25) is 4.79 Å². The number of Topliss-reactive ketones (excluding diaryl/α,β-unsaturated/α-hetero) is 1. The van der Waals surface area contributed by atoms with Crippen molar-refractivity contribution in [2.75, 3.05) is 26.3 Å². The van der Waals surface area contributed by atoms with Gasteiger partial charge in [0, 0.05) is 49.0 Å². The van der Waals surface area contributed by atoms with Crippen molar-refractivity contribution in [1.29, 1.82) is 0 Å². The molecule has 0 saturated carbocycles. The van der Waals surface area contributed by atoms with Gasteiger partial charge in [0.05, 0.1) is 13.2 Å². The van der Waals surface area contributed by atoms with Gasteiger partial charge in [-0.2, -0.15) is 4.31 Å². The number of aromatic nitrogens is 2. The largest absolute Gasteiger partial charge is 0.450 e. The second-order valence-electron chi connectivity index (χ2n) is 8.56. The molecule has 10 heteroatoms. The number of carbonyl (C=O) groups is 2. The highest BCUT2D eigenvalue weighted by molar-refractivity contribution is 7.89. The summed E-state index contributed by atoms with van der Waals surface area (Å²) in [6.45, 7) is 6.43. The predicted octanol–water partition coefficient (Wildman–Crippen LogP) is 2.88. The van der Waals surface area contributed by atoms with Crippen LogP contribution in [-0.4, -0.2) is 66.0 Å². The Labute approximate surface area is 204 Å². The summed E-state index contributed by atoms with van der Waals surface area (Å²) < 4.78 is 41.2. The number of sulfonamides is 1. The van der Waals surface area contributed by atoms with E-state index in [4.69, 9.17) is 9.47 Å². The van der Waals surface area contributed by atoms with E-state index in [1.165, 1.54) is 28.1 Å². The van der Waals surface area contributed by atoms with Crippen LogP contribution in [0, 0.1) is 13.8 Å². The maximum Gasteiger partial charge on any atom is 0.355 e. The van der Waals surface area contributed by atoms with Crippen LogP contribution in [0.4, 0.5) is 0 Å². The number of ketones is 1. The Balaban J connectivity index is 1.52. The number of benzene rings is 1. The molecule has 3 heterocycles. The van der Waals surface area contributed by atoms with Crippen molar-refractivity contribution in [2.24, 2.45) is 7.05 Å². The Hall–Kier alpha value is -3.21. The standard InChI is InChI=1S/C25H29N3O6S/c1-17-14-22(18(2)28(17)20-8-6-5-7-9-20)24(29)19(3)34-25(30)23-15-21(16-26(23)4)35(31,32)27-10-12-33-13-11-27/h5-9,14-16,19H,10-13H2,1-4H3. The Kier molecular flexibility index (Phi) is 6.98. The van der Waals surface area contributed by atoms with E-state index in [0.29, 0.717) is 18.8 Å². The van der Waals surface area contributed by atoms with Gasteiger partial charge in [-0.1, -0.05) is 18.2 Å². The van der Waals surface area contributed by atoms with Crippen molar-refractivity contribution >= 4 is 21.8 Å². The van der Waals surface area contributed by atoms with Gasteiger partial charge < -0.3 is 18.6 Å². The van der Waals surface area contributed by atoms with Gasteiger partial charge in [0.1, 0.15) is 10.6 Å². The van der Waals surface area contributed by atoms with Gasteiger partial charge in [0.15, 0.2) is 6.10 Å². The molecule has 1 aliphatic rings. The second-order valence-corrected chi connectivity index (χ2v) is 10.5. The molecule has 0 spiro atoms. The normalized spacial score (nSPS) is 15.7. The van der Waals surface area contributed by atoms with Crippen LogP contribution >= 0.6 is 0 Å². The fourth-order valence-electron chi connectivity index (χ4n) is 4.29. The van der Waals surface area contributed by atoms with E-state index >= 15 is 0 Å². The van der Waals surface area contributed by atoms with Crippen LogP contribution in [0.25, 0.3) is 5.69 Å². The summed E-state index contributed by atoms with van der Waals surface area (Å²) in [6.07, 6.45) is 0.322. The molecule has 1 unspecified atom stereocenters. The first kappa shape index (κ1) is 24.9. The molecule has 0 N–H and O–H groups in total. The highest BCUT2D eigenvalue weighted by Crippen LogP contribution is 2.24. The number of hydrogen-bond acceptors (Lipinski definition) is 6. The predicted molar refractivity (Wildman–Crippen MR) is 129 cm³/mol. The molecule has 1 aliphatic heterocycles. The van der Waals surface area contributed by atoms with Crippen molar-refractivity contribution in [3.05, 3.63) is 71.3 Å². The molecule has 1 atom stereocenters. The number of hydrogen-bond donors (Lipinski definition) is 0. The maximum atomic E-state index is 13.2. The van der Waals surface area contributed by atoms with Crippen molar-refractivity contribution in [2.45, 2.75) is 31.8 Å². The van der Waals surface area contributed by atoms with Crippen molar-refractivity contribution < 1.29 is 27.5 Å². The van der Waals surface area contributed by atoms with E-state index in [9.17, 15) is 18.0 Å². The zero-order chi connectivity index (χ0) is 25.3. The van der Waals surface area contributed by atoms with E-state index < -0.39 is 22.1 Å². The van der Waals surface area contributed by atoms with Crippen LogP contribution in [0.1, 0.15) is 39.2 Å². The quantitative estimate of drug-likeness (QED) is 0.366. The number of esters is 1. The number of rotatable bonds is 7. The molecule has 0 bridgehead atoms. The molecule has 1 saturated heterocycles. The number of carbonyl (C=O) groups excluding carboxylic acids is 2. The van der Waals surface area contributed by atoms with Crippen LogP contribution in [-0.2, 0) is 26.5 Å². The summed E-state index contributed by atoms with van der Waals surface area (Å²) in [5.74, 6) is -1.10. The summed E-state index contributed by atoms with van der Waals surface area (Å²) in [6, 6.07) is 12.7. The summed E-state index contributed by atoms with van der Waals surface area (Å²) in [5, 5.41) is 0. The van der Waals surface area contributed by atoms with Crippen LogP contribution < -0.4 is 0 Å². The molecule has 186 valence electrons. The van der Waals surface area contributed by atoms with Crippen LogP contribution in [0.15, 0.2) is 53.6 Å². The zero-order valence-corrected chi connectivity index (χ0v) is 21.0. The van der Waals surface area contributed by atoms with Gasteiger partial charge >= 0.3 is 5.97 Å². The molecule has 0 aliphatic carbocycles. The number of para-hydroxylation sites is 1. The Morgan fingerprint density at radius 3 is 2.37 bits per heavy atom. The van der Waals surface area contributed by atoms with Crippen LogP contribution in [0.3, 0.4) is 0 Å². The third kappa shape index (κ3) is 4.82. The van der Waals surface area contributed by atoms with E-state index in [1.54, 1.807) is 13.1 Å². The minimum Gasteiger partial charge on any atom is -0.450 e. The molecule has 0 radical (unpaired) electrons. The van der Waals surface area contributed by atoms with Crippen LogP contribution in [0.2, 0.25) is 0 Å². The minimum absolute atomic E-state index is 0.000707. The molecule has 3 aromatic rings. The fourth-order valence-corrected chi connectivity index (χ4v) is 5.77. The molecule has 2 aromatic heterocycles. The average Bonchev–Trinajstić information content (AvgIpc) is 3.39. The van der Waals surface area contributed by atoms with E-state index in [1.807, 2.05) is 48.7 Å². The number of nitrogens with zero attached hydrogens (tertiary/aromatic N) is 3. The fraction of sp³-hybridized carbons (Fsp3) is 0.360. The molecule has 35 heavy (non-hydrogen) atoms. The minimum atomic E-state index is -3.76. The van der Waals surface area contributed by atoms with Gasteiger partial charge in [-0.05, 0) is 45.0 Å². The lowest BCUT2D eigenvalue weighted by Gasteiger charge is -2.25. The molecule has 1 fully saturated rings. The third-order valence-corrected chi connectivity index (χ3v) is 8.02. The highest BCUT2D eigenvalue weighted by Gasteiger charge is 2.30. The summed E-state index contributed by atoms with van der Waals surface area (Å²) in [7, 11) is -2.20. The highest BCUT2D eigenvalue weighted by atomic mass is 32.2. The molecular formula is C25H29N3O6S. The number of ether oxygens (including phenoxy) is 2. The topological polar surface area (TPSA) is 99.8 Å². The summed E-state index contributed by atoms with van der Waals surface area (Å²) in [5.41, 5.74) is 3.08. The summed E-state index contributed by atoms with van der Waals surface area (Å²) in [4.78, 5) is 26.1. The first-order chi connectivity index (χ1) is 16.6. The lowest BCUT2D eigenvalue weighted by molar-refractivity contribution is 0.0309. The van der Waals surface area contributed by atoms with Crippen LogP contribution in [0.5, 0.6) is 0 Å². The van der Waals surface area contributed by atoms with Gasteiger partial charge in [0.25, 0.3) is 0 Å². The van der Waals surface area contributed by atoms with E-state index in [0.717, 1.165) is 17.1 Å².